The van der Waals surface area contributed by atoms with Crippen LogP contribution < -0.4 is 4.90 Å². The Morgan fingerprint density at radius 3 is 2.62 bits per heavy atom. The summed E-state index contributed by atoms with van der Waals surface area (Å²) in [7, 11) is 0. The zero-order valence-electron chi connectivity index (χ0n) is 18.8. The zero-order valence-corrected chi connectivity index (χ0v) is 18.8. The first-order valence-corrected chi connectivity index (χ1v) is 11.0. The maximum atomic E-state index is 13.5. The lowest BCUT2D eigenvalue weighted by Crippen LogP contribution is -2.35. The van der Waals surface area contributed by atoms with Crippen LogP contribution in [0.15, 0.2) is 42.6 Å². The molecule has 7 heteroatoms. The molecular formula is C25H28N4O3. The number of amides is 1. The Balaban J connectivity index is 1.50. The predicted molar refractivity (Wildman–Crippen MR) is 124 cm³/mol. The summed E-state index contributed by atoms with van der Waals surface area (Å²) < 4.78 is 5.02. The highest BCUT2D eigenvalue weighted by atomic mass is 16.5. The molecule has 2 aromatic heterocycles. The molecule has 0 radical (unpaired) electrons. The number of aryl methyl sites for hydroxylation is 2. The fourth-order valence-corrected chi connectivity index (χ4v) is 4.08. The highest BCUT2D eigenvalue weighted by molar-refractivity contribution is 6.06. The van der Waals surface area contributed by atoms with Gasteiger partial charge in [0.15, 0.2) is 0 Å². The molecule has 7 nitrogen and oxygen atoms in total. The largest absolute Gasteiger partial charge is 0.462 e. The zero-order chi connectivity index (χ0) is 22.7. The van der Waals surface area contributed by atoms with E-state index >= 15 is 0 Å². The molecule has 0 aliphatic carbocycles. The first-order valence-electron chi connectivity index (χ1n) is 11.0. The van der Waals surface area contributed by atoms with Crippen LogP contribution in [0.5, 0.6) is 0 Å². The van der Waals surface area contributed by atoms with Gasteiger partial charge in [-0.2, -0.15) is 0 Å². The molecule has 1 amide bonds. The third-order valence-electron chi connectivity index (χ3n) is 5.69. The summed E-state index contributed by atoms with van der Waals surface area (Å²) in [6, 6.07) is 11.5. The van der Waals surface area contributed by atoms with Crippen molar-refractivity contribution in [2.24, 2.45) is 0 Å². The normalized spacial score (nSPS) is 14.3. The van der Waals surface area contributed by atoms with E-state index in [2.05, 4.69) is 14.9 Å². The van der Waals surface area contributed by atoms with Gasteiger partial charge < -0.3 is 14.5 Å². The van der Waals surface area contributed by atoms with Crippen LogP contribution >= 0.6 is 0 Å². The second kappa shape index (κ2) is 9.34. The van der Waals surface area contributed by atoms with Crippen LogP contribution in [0.1, 0.15) is 45.3 Å². The number of hydrogen-bond acceptors (Lipinski definition) is 6. The van der Waals surface area contributed by atoms with Crippen molar-refractivity contribution in [3.63, 3.8) is 0 Å². The van der Waals surface area contributed by atoms with Gasteiger partial charge in [0, 0.05) is 43.5 Å². The van der Waals surface area contributed by atoms with Crippen LogP contribution in [0.4, 0.5) is 5.82 Å². The van der Waals surface area contributed by atoms with Gasteiger partial charge >= 0.3 is 5.97 Å². The molecule has 4 rings (SSSR count). The molecule has 0 saturated carbocycles. The molecule has 32 heavy (non-hydrogen) atoms. The molecule has 0 N–H and O–H groups in total. The smallest absolute Gasteiger partial charge is 0.339 e. The lowest BCUT2D eigenvalue weighted by atomic mass is 10.0. The van der Waals surface area contributed by atoms with Crippen molar-refractivity contribution in [2.75, 3.05) is 37.7 Å². The molecular weight excluding hydrogens is 404 g/mol. The van der Waals surface area contributed by atoms with E-state index in [0.717, 1.165) is 40.9 Å². The number of hydrogen-bond donors (Lipinski definition) is 0. The van der Waals surface area contributed by atoms with E-state index < -0.39 is 0 Å². The number of anilines is 1. The molecule has 1 aromatic carbocycles. The van der Waals surface area contributed by atoms with Gasteiger partial charge in [-0.1, -0.05) is 11.6 Å². The van der Waals surface area contributed by atoms with Crippen LogP contribution in [0, 0.1) is 13.8 Å². The third kappa shape index (κ3) is 4.56. The van der Waals surface area contributed by atoms with Gasteiger partial charge in [0.2, 0.25) is 0 Å². The van der Waals surface area contributed by atoms with Gasteiger partial charge in [0.1, 0.15) is 5.82 Å². The molecule has 166 valence electrons. The van der Waals surface area contributed by atoms with Gasteiger partial charge in [0.05, 0.1) is 23.3 Å². The Labute approximate surface area is 188 Å². The number of rotatable bonds is 4. The minimum Gasteiger partial charge on any atom is -0.462 e. The minimum absolute atomic E-state index is 0.0403. The summed E-state index contributed by atoms with van der Waals surface area (Å²) in [6.45, 7) is 8.83. The highest BCUT2D eigenvalue weighted by Crippen LogP contribution is 2.23. The van der Waals surface area contributed by atoms with Crippen molar-refractivity contribution in [2.45, 2.75) is 27.2 Å². The van der Waals surface area contributed by atoms with Crippen molar-refractivity contribution < 1.29 is 14.3 Å². The number of nitrogens with zero attached hydrogens (tertiary/aromatic N) is 4. The van der Waals surface area contributed by atoms with Gasteiger partial charge in [-0.05, 0) is 57.5 Å². The van der Waals surface area contributed by atoms with Gasteiger partial charge in [-0.3, -0.25) is 9.78 Å². The van der Waals surface area contributed by atoms with E-state index in [1.165, 1.54) is 0 Å². The van der Waals surface area contributed by atoms with Crippen LogP contribution in [-0.2, 0) is 4.74 Å². The van der Waals surface area contributed by atoms with Gasteiger partial charge in [0.25, 0.3) is 5.91 Å². The van der Waals surface area contributed by atoms with Gasteiger partial charge in [-0.25, -0.2) is 9.78 Å². The van der Waals surface area contributed by atoms with Crippen LogP contribution in [0.2, 0.25) is 0 Å². The fraction of sp³-hybridized carbons (Fsp3) is 0.360. The Morgan fingerprint density at radius 2 is 1.88 bits per heavy atom. The lowest BCUT2D eigenvalue weighted by molar-refractivity contribution is 0.0525. The number of esters is 1. The molecule has 3 heterocycles. The molecule has 0 atom stereocenters. The van der Waals surface area contributed by atoms with Crippen molar-refractivity contribution in [3.05, 3.63) is 65.0 Å². The average Bonchev–Trinajstić information content (AvgIpc) is 3.05. The highest BCUT2D eigenvalue weighted by Gasteiger charge is 2.23. The summed E-state index contributed by atoms with van der Waals surface area (Å²) in [5, 5.41) is 0.901. The van der Waals surface area contributed by atoms with Crippen molar-refractivity contribution in [3.8, 4) is 0 Å². The summed E-state index contributed by atoms with van der Waals surface area (Å²) in [5.74, 6) is 0.473. The van der Waals surface area contributed by atoms with Crippen molar-refractivity contribution in [1.29, 1.82) is 0 Å². The minimum atomic E-state index is -0.366. The molecule has 1 saturated heterocycles. The van der Waals surface area contributed by atoms with Crippen molar-refractivity contribution in [1.82, 2.24) is 14.9 Å². The van der Waals surface area contributed by atoms with E-state index in [1.807, 2.05) is 49.1 Å². The Morgan fingerprint density at radius 1 is 1.03 bits per heavy atom. The standard InChI is InChI=1S/C25H28N4O3/c1-4-32-25(31)19-7-9-23(26-16-19)28-10-5-11-29(13-12-28)24(30)21-15-18(3)27-22-8-6-17(2)14-20(21)22/h6-9,14-16H,4-5,10-13H2,1-3H3. The van der Waals surface area contributed by atoms with Crippen LogP contribution in [0.3, 0.4) is 0 Å². The number of benzene rings is 1. The molecule has 0 unspecified atom stereocenters. The second-order valence-electron chi connectivity index (χ2n) is 8.09. The van der Waals surface area contributed by atoms with Crippen LogP contribution in [-0.4, -0.2) is 59.5 Å². The van der Waals surface area contributed by atoms with E-state index in [-0.39, 0.29) is 11.9 Å². The molecule has 1 aliphatic heterocycles. The first kappa shape index (κ1) is 21.7. The number of carbonyl (C=O) groups is 2. The first-order chi connectivity index (χ1) is 15.5. The van der Waals surface area contributed by atoms with Crippen LogP contribution in [0.25, 0.3) is 10.9 Å². The lowest BCUT2D eigenvalue weighted by Gasteiger charge is -2.23. The molecule has 1 fully saturated rings. The number of carbonyl (C=O) groups excluding carboxylic acids is 2. The maximum Gasteiger partial charge on any atom is 0.339 e. The quantitative estimate of drug-likeness (QED) is 0.584. The SMILES string of the molecule is CCOC(=O)c1ccc(N2CCCN(C(=O)c3cc(C)nc4ccc(C)cc34)CC2)nc1. The predicted octanol–water partition coefficient (Wildman–Crippen LogP) is 3.78. The molecule has 0 bridgehead atoms. The van der Waals surface area contributed by atoms with Gasteiger partial charge in [-0.15, -0.1) is 0 Å². The summed E-state index contributed by atoms with van der Waals surface area (Å²) in [5.41, 5.74) is 3.95. The number of ether oxygens (including phenoxy) is 1. The number of pyridine rings is 2. The monoisotopic (exact) mass is 432 g/mol. The summed E-state index contributed by atoms with van der Waals surface area (Å²) >= 11 is 0. The molecule has 1 aliphatic rings. The summed E-state index contributed by atoms with van der Waals surface area (Å²) in [4.78, 5) is 38.4. The number of aromatic nitrogens is 2. The second-order valence-corrected chi connectivity index (χ2v) is 8.09. The van der Waals surface area contributed by atoms with E-state index in [0.29, 0.717) is 37.4 Å². The average molecular weight is 433 g/mol. The third-order valence-corrected chi connectivity index (χ3v) is 5.69. The van der Waals surface area contributed by atoms with E-state index in [1.54, 1.807) is 19.2 Å². The topological polar surface area (TPSA) is 75.6 Å². The molecule has 0 spiro atoms. The molecule has 3 aromatic rings. The maximum absolute atomic E-state index is 13.5. The van der Waals surface area contributed by atoms with Crippen molar-refractivity contribution >= 4 is 28.6 Å². The Bertz CT molecular complexity index is 1140. The fourth-order valence-electron chi connectivity index (χ4n) is 4.08. The summed E-state index contributed by atoms with van der Waals surface area (Å²) in [6.07, 6.45) is 2.39. The van der Waals surface area contributed by atoms with E-state index in [4.69, 9.17) is 4.74 Å². The number of fused-ring (bicyclic) bond motifs is 1. The Hall–Kier alpha value is -3.48. The Kier molecular flexibility index (Phi) is 6.35. The van der Waals surface area contributed by atoms with E-state index in [9.17, 15) is 9.59 Å².